The molecule has 0 aliphatic rings. The number of hydrogen-bond acceptors (Lipinski definition) is 3. The topological polar surface area (TPSA) is 41.8 Å². The number of aryl methyl sites for hydroxylation is 1. The molecule has 0 spiro atoms. The first-order valence-electron chi connectivity index (χ1n) is 6.56. The van der Waals surface area contributed by atoms with Gasteiger partial charge in [-0.1, -0.05) is 16.8 Å². The predicted molar refractivity (Wildman–Crippen MR) is 81.7 cm³/mol. The molecule has 3 nitrogen and oxygen atoms in total. The highest BCUT2D eigenvalue weighted by atomic mass is 35.5. The molecule has 0 saturated heterocycles. The highest BCUT2D eigenvalue weighted by Crippen LogP contribution is 2.37. The largest absolute Gasteiger partial charge is 0.456 e. The highest BCUT2D eigenvalue weighted by Gasteiger charge is 2.31. The van der Waals surface area contributed by atoms with E-state index in [4.69, 9.17) is 21.5 Å². The van der Waals surface area contributed by atoms with Crippen LogP contribution in [0.15, 0.2) is 41.6 Å². The second kappa shape index (κ2) is 6.50. The lowest BCUT2D eigenvalue weighted by Gasteiger charge is -2.13. The summed E-state index contributed by atoms with van der Waals surface area (Å²) >= 11 is 5.86. The van der Waals surface area contributed by atoms with Crippen molar-refractivity contribution in [1.29, 1.82) is 0 Å². The van der Waals surface area contributed by atoms with Crippen molar-refractivity contribution in [3.8, 4) is 11.5 Å². The van der Waals surface area contributed by atoms with Crippen LogP contribution in [0.5, 0.6) is 11.5 Å². The second-order valence-corrected chi connectivity index (χ2v) is 5.32. The van der Waals surface area contributed by atoms with Gasteiger partial charge in [0.2, 0.25) is 0 Å². The number of rotatable bonds is 3. The molecule has 0 atom stereocenters. The molecule has 2 aromatic carbocycles. The Kier molecular flexibility index (Phi) is 4.85. The molecule has 1 N–H and O–H groups in total. The monoisotopic (exact) mass is 343 g/mol. The summed E-state index contributed by atoms with van der Waals surface area (Å²) in [6.45, 7) is 3.41. The van der Waals surface area contributed by atoms with Crippen LogP contribution in [0.2, 0.25) is 5.02 Å². The van der Waals surface area contributed by atoms with E-state index in [2.05, 4.69) is 5.16 Å². The van der Waals surface area contributed by atoms with E-state index in [0.717, 1.165) is 17.7 Å². The van der Waals surface area contributed by atoms with E-state index in [1.165, 1.54) is 6.07 Å². The Morgan fingerprint density at radius 3 is 2.30 bits per heavy atom. The number of ether oxygens (including phenoxy) is 1. The Balaban J connectivity index is 2.29. The van der Waals surface area contributed by atoms with E-state index < -0.39 is 11.7 Å². The zero-order valence-corrected chi connectivity index (χ0v) is 13.0. The summed E-state index contributed by atoms with van der Waals surface area (Å²) in [6, 6.07) is 7.96. The molecule has 23 heavy (non-hydrogen) atoms. The van der Waals surface area contributed by atoms with Crippen molar-refractivity contribution >= 4 is 17.3 Å². The van der Waals surface area contributed by atoms with Gasteiger partial charge in [0.15, 0.2) is 0 Å². The van der Waals surface area contributed by atoms with E-state index >= 15 is 0 Å². The van der Waals surface area contributed by atoms with Crippen molar-refractivity contribution < 1.29 is 23.1 Å². The van der Waals surface area contributed by atoms with E-state index in [-0.39, 0.29) is 10.8 Å². The SMILES string of the molecule is C/C(=N\O)c1ccc(Oc2ccc(C(F)(F)F)cc2Cl)c(C)c1. The molecule has 2 aromatic rings. The molecule has 0 unspecified atom stereocenters. The van der Waals surface area contributed by atoms with Crippen LogP contribution in [-0.4, -0.2) is 10.9 Å². The van der Waals surface area contributed by atoms with Crippen molar-refractivity contribution in [2.45, 2.75) is 20.0 Å². The first-order chi connectivity index (χ1) is 10.7. The lowest BCUT2D eigenvalue weighted by atomic mass is 10.1. The molecule has 0 saturated carbocycles. The van der Waals surface area contributed by atoms with Gasteiger partial charge in [0.1, 0.15) is 11.5 Å². The van der Waals surface area contributed by atoms with Gasteiger partial charge in [-0.2, -0.15) is 13.2 Å². The molecular formula is C16H13ClF3NO2. The normalized spacial score (nSPS) is 12.3. The summed E-state index contributed by atoms with van der Waals surface area (Å²) in [5, 5.41) is 11.7. The van der Waals surface area contributed by atoms with Crippen LogP contribution in [0, 0.1) is 6.92 Å². The van der Waals surface area contributed by atoms with Gasteiger partial charge in [-0.3, -0.25) is 0 Å². The van der Waals surface area contributed by atoms with Crippen molar-refractivity contribution in [1.82, 2.24) is 0 Å². The van der Waals surface area contributed by atoms with Gasteiger partial charge in [0, 0.05) is 0 Å². The number of halogens is 4. The van der Waals surface area contributed by atoms with Gasteiger partial charge in [0.25, 0.3) is 0 Å². The summed E-state index contributed by atoms with van der Waals surface area (Å²) < 4.78 is 43.4. The fourth-order valence-corrected chi connectivity index (χ4v) is 2.14. The molecule has 0 aliphatic heterocycles. The van der Waals surface area contributed by atoms with Crippen molar-refractivity contribution in [3.63, 3.8) is 0 Å². The van der Waals surface area contributed by atoms with Crippen LogP contribution in [-0.2, 0) is 6.18 Å². The number of benzene rings is 2. The van der Waals surface area contributed by atoms with Crippen molar-refractivity contribution in [2.75, 3.05) is 0 Å². The smallest absolute Gasteiger partial charge is 0.416 e. The first kappa shape index (κ1) is 17.1. The number of alkyl halides is 3. The molecular weight excluding hydrogens is 331 g/mol. The van der Waals surface area contributed by atoms with Crippen LogP contribution in [0.4, 0.5) is 13.2 Å². The molecule has 7 heteroatoms. The first-order valence-corrected chi connectivity index (χ1v) is 6.94. The van der Waals surface area contributed by atoms with E-state index in [0.29, 0.717) is 17.0 Å². The van der Waals surface area contributed by atoms with Gasteiger partial charge in [0.05, 0.1) is 16.3 Å². The lowest BCUT2D eigenvalue weighted by Crippen LogP contribution is -2.04. The minimum absolute atomic E-state index is 0.128. The average molecular weight is 344 g/mol. The fraction of sp³-hybridized carbons (Fsp3) is 0.188. The molecule has 2 rings (SSSR count). The zero-order valence-electron chi connectivity index (χ0n) is 12.3. The van der Waals surface area contributed by atoms with Gasteiger partial charge in [-0.05, 0) is 61.4 Å². The third-order valence-electron chi connectivity index (χ3n) is 3.22. The minimum Gasteiger partial charge on any atom is -0.456 e. The molecule has 0 heterocycles. The Morgan fingerprint density at radius 1 is 1.13 bits per heavy atom. The molecule has 0 amide bonds. The maximum Gasteiger partial charge on any atom is 0.416 e. The Hall–Kier alpha value is -2.21. The summed E-state index contributed by atoms with van der Waals surface area (Å²) in [6.07, 6.45) is -4.46. The number of oxime groups is 1. The van der Waals surface area contributed by atoms with Crippen molar-refractivity contribution in [3.05, 3.63) is 58.1 Å². The molecule has 0 aromatic heterocycles. The molecule has 0 fully saturated rings. The standard InChI is InChI=1S/C16H13ClF3NO2/c1-9-7-11(10(2)21-22)3-5-14(9)23-15-6-4-12(8-13(15)17)16(18,19)20/h3-8,22H,1-2H3/b21-10+. The van der Waals surface area contributed by atoms with Crippen LogP contribution in [0.3, 0.4) is 0 Å². The van der Waals surface area contributed by atoms with E-state index in [1.54, 1.807) is 32.0 Å². The van der Waals surface area contributed by atoms with Gasteiger partial charge >= 0.3 is 6.18 Å². The summed E-state index contributed by atoms with van der Waals surface area (Å²) in [7, 11) is 0. The second-order valence-electron chi connectivity index (χ2n) is 4.91. The summed E-state index contributed by atoms with van der Waals surface area (Å²) in [4.78, 5) is 0. The predicted octanol–water partition coefficient (Wildman–Crippen LogP) is 5.66. The lowest BCUT2D eigenvalue weighted by molar-refractivity contribution is -0.137. The van der Waals surface area contributed by atoms with Crippen LogP contribution in [0.25, 0.3) is 0 Å². The third kappa shape index (κ3) is 3.96. The highest BCUT2D eigenvalue weighted by molar-refractivity contribution is 6.32. The Morgan fingerprint density at radius 2 is 1.78 bits per heavy atom. The number of hydrogen-bond donors (Lipinski definition) is 1. The van der Waals surface area contributed by atoms with Gasteiger partial charge in [-0.25, -0.2) is 0 Å². The maximum absolute atomic E-state index is 12.6. The van der Waals surface area contributed by atoms with Crippen LogP contribution < -0.4 is 4.74 Å². The number of nitrogens with zero attached hydrogens (tertiary/aromatic N) is 1. The molecule has 0 radical (unpaired) electrons. The minimum atomic E-state index is -4.46. The summed E-state index contributed by atoms with van der Waals surface area (Å²) in [5.74, 6) is 0.573. The van der Waals surface area contributed by atoms with Crippen LogP contribution >= 0.6 is 11.6 Å². The van der Waals surface area contributed by atoms with E-state index in [1.807, 2.05) is 0 Å². The zero-order chi connectivity index (χ0) is 17.2. The quantitative estimate of drug-likeness (QED) is 0.444. The van der Waals surface area contributed by atoms with E-state index in [9.17, 15) is 13.2 Å². The molecule has 122 valence electrons. The molecule has 0 bridgehead atoms. The van der Waals surface area contributed by atoms with Crippen LogP contribution in [0.1, 0.15) is 23.6 Å². The Bertz CT molecular complexity index is 757. The summed E-state index contributed by atoms with van der Waals surface area (Å²) in [5.41, 5.74) is 1.03. The van der Waals surface area contributed by atoms with Gasteiger partial charge < -0.3 is 9.94 Å². The van der Waals surface area contributed by atoms with Crippen molar-refractivity contribution in [2.24, 2.45) is 5.16 Å². The van der Waals surface area contributed by atoms with Gasteiger partial charge in [-0.15, -0.1) is 0 Å². The Labute approximate surface area is 136 Å². The third-order valence-corrected chi connectivity index (χ3v) is 3.52. The maximum atomic E-state index is 12.6. The molecule has 0 aliphatic carbocycles. The fourth-order valence-electron chi connectivity index (χ4n) is 1.93. The average Bonchev–Trinajstić information content (AvgIpc) is 2.49.